The normalized spacial score (nSPS) is 28.1. The minimum absolute atomic E-state index is 0.158. The number of nitrogens with one attached hydrogen (secondary N) is 1. The van der Waals surface area contributed by atoms with Crippen molar-refractivity contribution in [3.8, 4) is 0 Å². The van der Waals surface area contributed by atoms with Crippen LogP contribution in [0.3, 0.4) is 0 Å². The minimum Gasteiger partial charge on any atom is -0.215 e. The summed E-state index contributed by atoms with van der Waals surface area (Å²) in [6.07, 6.45) is 3.42. The van der Waals surface area contributed by atoms with E-state index < -0.39 is 10.0 Å². The lowest BCUT2D eigenvalue weighted by Gasteiger charge is -2.17. The Balaban J connectivity index is 2.38. The molecule has 0 spiro atoms. The van der Waals surface area contributed by atoms with E-state index in [0.717, 1.165) is 12.8 Å². The zero-order chi connectivity index (χ0) is 10.6. The first-order valence-electron chi connectivity index (χ1n) is 5.12. The molecule has 0 heterocycles. The number of rotatable bonds is 5. The molecular weight excluding hydrogens is 222 g/mol. The van der Waals surface area contributed by atoms with Crippen LogP contribution in [0.2, 0.25) is 0 Å². The third-order valence-electron chi connectivity index (χ3n) is 2.96. The zero-order valence-electron chi connectivity index (χ0n) is 8.50. The van der Waals surface area contributed by atoms with Crippen LogP contribution in [0.1, 0.15) is 26.2 Å². The van der Waals surface area contributed by atoms with Crippen molar-refractivity contribution in [3.63, 3.8) is 0 Å². The first-order chi connectivity index (χ1) is 6.59. The van der Waals surface area contributed by atoms with Crippen LogP contribution >= 0.6 is 11.6 Å². The molecule has 14 heavy (non-hydrogen) atoms. The van der Waals surface area contributed by atoms with Crippen molar-refractivity contribution in [1.29, 1.82) is 0 Å². The number of halogens is 1. The SMILES string of the molecule is CCS(=O)(=O)NCC1CCCC1CCl. The van der Waals surface area contributed by atoms with Gasteiger partial charge in [0.1, 0.15) is 0 Å². The number of alkyl halides is 1. The van der Waals surface area contributed by atoms with Crippen LogP contribution in [0.25, 0.3) is 0 Å². The summed E-state index contributed by atoms with van der Waals surface area (Å²) in [5.41, 5.74) is 0. The summed E-state index contributed by atoms with van der Waals surface area (Å²) < 4.78 is 25.0. The van der Waals surface area contributed by atoms with Crippen molar-refractivity contribution < 1.29 is 8.42 Å². The van der Waals surface area contributed by atoms with Crippen molar-refractivity contribution in [2.75, 3.05) is 18.2 Å². The number of hydrogen-bond acceptors (Lipinski definition) is 2. The molecule has 1 fully saturated rings. The van der Waals surface area contributed by atoms with Gasteiger partial charge >= 0.3 is 0 Å². The van der Waals surface area contributed by atoms with Crippen molar-refractivity contribution >= 4 is 21.6 Å². The standard InChI is InChI=1S/C9H18ClNO2S/c1-2-14(12,13)11-7-9-5-3-4-8(9)6-10/h8-9,11H,2-7H2,1H3. The Hall–Kier alpha value is 0.200. The third kappa shape index (κ3) is 3.41. The molecule has 0 amide bonds. The fraction of sp³-hybridized carbons (Fsp3) is 1.00. The zero-order valence-corrected chi connectivity index (χ0v) is 10.1. The van der Waals surface area contributed by atoms with E-state index in [1.165, 1.54) is 6.42 Å². The molecule has 0 saturated heterocycles. The fourth-order valence-electron chi connectivity index (χ4n) is 1.92. The Kier molecular flexibility index (Phi) is 4.67. The van der Waals surface area contributed by atoms with Gasteiger partial charge in [-0.3, -0.25) is 0 Å². The fourth-order valence-corrected chi connectivity index (χ4v) is 3.00. The predicted octanol–water partition coefficient (Wildman–Crippen LogP) is 1.58. The molecule has 5 heteroatoms. The molecule has 2 atom stereocenters. The maximum absolute atomic E-state index is 11.2. The van der Waals surface area contributed by atoms with Crippen LogP contribution in [0, 0.1) is 11.8 Å². The quantitative estimate of drug-likeness (QED) is 0.741. The molecule has 1 N–H and O–H groups in total. The van der Waals surface area contributed by atoms with Crippen molar-refractivity contribution in [2.45, 2.75) is 26.2 Å². The summed E-state index contributed by atoms with van der Waals surface area (Å²) in [6.45, 7) is 2.21. The van der Waals surface area contributed by atoms with E-state index in [4.69, 9.17) is 11.6 Å². The summed E-state index contributed by atoms with van der Waals surface area (Å²) in [6, 6.07) is 0. The highest BCUT2D eigenvalue weighted by atomic mass is 35.5. The number of sulfonamides is 1. The lowest BCUT2D eigenvalue weighted by atomic mass is 9.98. The van der Waals surface area contributed by atoms with E-state index in [-0.39, 0.29) is 5.75 Å². The summed E-state index contributed by atoms with van der Waals surface area (Å²) >= 11 is 5.81. The van der Waals surface area contributed by atoms with E-state index in [1.807, 2.05) is 0 Å². The monoisotopic (exact) mass is 239 g/mol. The molecule has 1 aliphatic carbocycles. The molecular formula is C9H18ClNO2S. The second-order valence-electron chi connectivity index (χ2n) is 3.86. The van der Waals surface area contributed by atoms with Gasteiger partial charge in [-0.15, -0.1) is 11.6 Å². The molecule has 0 aliphatic heterocycles. The van der Waals surface area contributed by atoms with E-state index >= 15 is 0 Å². The highest BCUT2D eigenvalue weighted by Gasteiger charge is 2.27. The van der Waals surface area contributed by atoms with Gasteiger partial charge in [0.2, 0.25) is 10.0 Å². The highest BCUT2D eigenvalue weighted by Crippen LogP contribution is 2.31. The largest absolute Gasteiger partial charge is 0.215 e. The van der Waals surface area contributed by atoms with Crippen molar-refractivity contribution in [2.24, 2.45) is 11.8 Å². The van der Waals surface area contributed by atoms with Crippen LogP contribution in [0.15, 0.2) is 0 Å². The first-order valence-corrected chi connectivity index (χ1v) is 7.31. The van der Waals surface area contributed by atoms with Crippen LogP contribution in [0.5, 0.6) is 0 Å². The molecule has 2 unspecified atom stereocenters. The molecule has 84 valence electrons. The maximum Gasteiger partial charge on any atom is 0.211 e. The Morgan fingerprint density at radius 2 is 2.00 bits per heavy atom. The lowest BCUT2D eigenvalue weighted by Crippen LogP contribution is -2.32. The van der Waals surface area contributed by atoms with E-state index in [1.54, 1.807) is 6.92 Å². The highest BCUT2D eigenvalue weighted by molar-refractivity contribution is 7.89. The molecule has 3 nitrogen and oxygen atoms in total. The van der Waals surface area contributed by atoms with Gasteiger partial charge < -0.3 is 0 Å². The van der Waals surface area contributed by atoms with E-state index in [0.29, 0.717) is 24.3 Å². The molecule has 0 aromatic rings. The number of hydrogen-bond donors (Lipinski definition) is 1. The summed E-state index contributed by atoms with van der Waals surface area (Å²) in [4.78, 5) is 0. The van der Waals surface area contributed by atoms with Gasteiger partial charge in [0.25, 0.3) is 0 Å². The Labute approximate surface area is 91.3 Å². The Bertz CT molecular complexity index is 266. The summed E-state index contributed by atoms with van der Waals surface area (Å²) in [5.74, 6) is 1.74. The maximum atomic E-state index is 11.2. The van der Waals surface area contributed by atoms with E-state index in [2.05, 4.69) is 4.72 Å². The average molecular weight is 240 g/mol. The topological polar surface area (TPSA) is 46.2 Å². The minimum atomic E-state index is -3.03. The van der Waals surface area contributed by atoms with Gasteiger partial charge in [-0.25, -0.2) is 13.1 Å². The van der Waals surface area contributed by atoms with Gasteiger partial charge in [-0.2, -0.15) is 0 Å². The van der Waals surface area contributed by atoms with Gasteiger partial charge in [0.15, 0.2) is 0 Å². The first kappa shape index (κ1) is 12.3. The lowest BCUT2D eigenvalue weighted by molar-refractivity contribution is 0.418. The summed E-state index contributed by atoms with van der Waals surface area (Å²) in [7, 11) is -3.03. The second-order valence-corrected chi connectivity index (χ2v) is 6.26. The smallest absolute Gasteiger partial charge is 0.211 e. The van der Waals surface area contributed by atoms with Crippen molar-refractivity contribution in [1.82, 2.24) is 4.72 Å². The van der Waals surface area contributed by atoms with Crippen LogP contribution in [-0.2, 0) is 10.0 Å². The van der Waals surface area contributed by atoms with Gasteiger partial charge in [0.05, 0.1) is 5.75 Å². The molecule has 0 bridgehead atoms. The van der Waals surface area contributed by atoms with Crippen LogP contribution in [0.4, 0.5) is 0 Å². The second kappa shape index (κ2) is 5.33. The summed E-state index contributed by atoms with van der Waals surface area (Å²) in [5, 5.41) is 0. The van der Waals surface area contributed by atoms with Crippen molar-refractivity contribution in [3.05, 3.63) is 0 Å². The van der Waals surface area contributed by atoms with E-state index in [9.17, 15) is 8.42 Å². The van der Waals surface area contributed by atoms with Gasteiger partial charge in [0, 0.05) is 12.4 Å². The average Bonchev–Trinajstić information content (AvgIpc) is 2.62. The molecule has 0 aromatic carbocycles. The van der Waals surface area contributed by atoms with Gasteiger partial charge in [-0.05, 0) is 31.6 Å². The Morgan fingerprint density at radius 3 is 2.57 bits per heavy atom. The molecule has 1 saturated carbocycles. The predicted molar refractivity (Wildman–Crippen MR) is 59.0 cm³/mol. The Morgan fingerprint density at radius 1 is 1.36 bits per heavy atom. The third-order valence-corrected chi connectivity index (χ3v) is 4.72. The molecule has 0 radical (unpaired) electrons. The molecule has 1 rings (SSSR count). The van der Waals surface area contributed by atoms with Crippen LogP contribution in [-0.4, -0.2) is 26.6 Å². The van der Waals surface area contributed by atoms with Gasteiger partial charge in [-0.1, -0.05) is 6.42 Å². The van der Waals surface area contributed by atoms with Crippen LogP contribution < -0.4 is 4.72 Å². The molecule has 0 aromatic heterocycles. The molecule has 1 aliphatic rings.